The molecule has 0 saturated heterocycles. The molecule has 0 aliphatic rings. The van der Waals surface area contributed by atoms with Crippen LogP contribution in [0.1, 0.15) is 0 Å². The van der Waals surface area contributed by atoms with Gasteiger partial charge >= 0.3 is 127 Å². The van der Waals surface area contributed by atoms with Crippen LogP contribution in [0.4, 0.5) is 0 Å². The van der Waals surface area contributed by atoms with Crippen molar-refractivity contribution in [2.75, 3.05) is 0 Å². The summed E-state index contributed by atoms with van der Waals surface area (Å²) in [5.41, 5.74) is 0. The first-order valence-electron chi connectivity index (χ1n) is 2.45. The van der Waals surface area contributed by atoms with E-state index in [9.17, 15) is 0 Å². The van der Waals surface area contributed by atoms with Crippen molar-refractivity contribution in [1.82, 2.24) is 0 Å². The molecule has 19 heteroatoms. The molecule has 0 atom stereocenters. The summed E-state index contributed by atoms with van der Waals surface area (Å²) in [5.74, 6) is 0. The average molecular weight is 496 g/mol. The molecule has 0 aromatic carbocycles. The number of rotatable bonds is 0. The second-order valence-corrected chi connectivity index (χ2v) is 4.50. The van der Waals surface area contributed by atoms with Crippen LogP contribution in [0.15, 0.2) is 0 Å². The summed E-state index contributed by atoms with van der Waals surface area (Å²) in [6, 6.07) is 0. The van der Waals surface area contributed by atoms with Gasteiger partial charge in [0.25, 0.3) is 0 Å². The van der Waals surface area contributed by atoms with E-state index >= 15 is 0 Å². The first kappa shape index (κ1) is 43.6. The summed E-state index contributed by atoms with van der Waals surface area (Å²) in [6.45, 7) is 0. The molecule has 0 aromatic rings. The Labute approximate surface area is 207 Å². The van der Waals surface area contributed by atoms with Crippen LogP contribution in [-0.2, 0) is 51.3 Å². The first-order chi connectivity index (χ1) is 6.00. The zero-order valence-corrected chi connectivity index (χ0v) is 20.5. The summed E-state index contributed by atoms with van der Waals surface area (Å²) < 4.78 is 0. The van der Waals surface area contributed by atoms with Crippen LogP contribution < -0.4 is 57.5 Å². The maximum Gasteiger partial charge on any atom is 5.00 e. The second kappa shape index (κ2) is 20.4. The van der Waals surface area contributed by atoms with Gasteiger partial charge in [-0.15, -0.1) is 0 Å². The van der Waals surface area contributed by atoms with Crippen LogP contribution in [0, 0.1) is 0 Å². The molecule has 0 aliphatic heterocycles. The van der Waals surface area contributed by atoms with Crippen molar-refractivity contribution in [3.05, 3.63) is 0 Å². The molecule has 0 aromatic heterocycles. The van der Waals surface area contributed by atoms with E-state index in [0.717, 1.165) is 0 Å². The van der Waals surface area contributed by atoms with Gasteiger partial charge < -0.3 is 84.7 Å². The third kappa shape index (κ3) is 485. The Bertz CT molecular complexity index is 106. The van der Waals surface area contributed by atoms with Crippen molar-refractivity contribution in [3.63, 3.8) is 0 Å². The van der Waals surface area contributed by atoms with E-state index in [1.807, 2.05) is 0 Å². The molecule has 0 fully saturated rings. The smallest absolute Gasteiger partial charge is 0.894 e. The van der Waals surface area contributed by atoms with Crippen molar-refractivity contribution in [1.29, 1.82) is 0 Å². The molecule has 19 heavy (non-hydrogen) atoms. The number of hydrogen-bond acceptors (Lipinski definition) is 12. The summed E-state index contributed by atoms with van der Waals surface area (Å²) >= 11 is 0. The minimum Gasteiger partial charge on any atom is -0.894 e. The van der Waals surface area contributed by atoms with E-state index in [1.165, 1.54) is 0 Å². The Morgan fingerprint density at radius 1 is 0.368 bits per heavy atom. The Morgan fingerprint density at radius 2 is 0.368 bits per heavy atom. The van der Waals surface area contributed by atoms with Gasteiger partial charge in [-0.05, 0) is 0 Å². The Hall–Kier alpha value is 4.38. The van der Waals surface area contributed by atoms with Crippen molar-refractivity contribution >= 4 is 103 Å². The molecule has 0 bridgehead atoms. The van der Waals surface area contributed by atoms with Crippen molar-refractivity contribution in [3.8, 4) is 0 Å². The predicted octanol–water partition coefficient (Wildman–Crippen LogP) is -16.2. The zero-order chi connectivity index (χ0) is 13.5. The third-order valence-corrected chi connectivity index (χ3v) is 0. The van der Waals surface area contributed by atoms with Crippen LogP contribution in [0.5, 0.6) is 0 Å². The molecule has 0 rings (SSSR count). The van der Waals surface area contributed by atoms with Gasteiger partial charge in [-0.1, -0.05) is 0 Å². The summed E-state index contributed by atoms with van der Waals surface area (Å²) in [6.07, 6.45) is 0. The van der Waals surface area contributed by atoms with E-state index in [-0.39, 0.29) is 127 Å². The van der Waals surface area contributed by atoms with E-state index in [0.29, 0.717) is 0 Å². The van der Waals surface area contributed by atoms with E-state index in [4.69, 9.17) is 57.5 Å². The predicted molar refractivity (Wildman–Crippen MR) is 28.8 cm³/mol. The number of hydrogen-bond donors (Lipinski definition) is 0. The fraction of sp³-hybridized carbons (Fsp3) is 0. The van der Waals surface area contributed by atoms with E-state index in [1.54, 1.807) is 0 Å². The maximum absolute atomic E-state index is 8.58. The van der Waals surface area contributed by atoms with Gasteiger partial charge in [-0.2, -0.15) is 0 Å². The molecule has 0 aliphatic carbocycles. The Kier molecular flexibility index (Phi) is 46.9. The van der Waals surface area contributed by atoms with Gasteiger partial charge in [0.2, 0.25) is 0 Å². The summed E-state index contributed by atoms with van der Waals surface area (Å²) in [5, 5.41) is 0. The fourth-order valence-electron chi connectivity index (χ4n) is 0. The van der Waals surface area contributed by atoms with Gasteiger partial charge in [0.05, 0.1) is 0 Å². The normalized spacial score (nSPS) is 9.47. The molecule has 0 unspecified atom stereocenters. The first-order valence-corrected chi connectivity index (χ1v) is 7.35. The molecular weight excluding hydrogens is 496 g/mol. The Morgan fingerprint density at radius 3 is 0.368 bits per heavy atom. The van der Waals surface area contributed by atoms with Gasteiger partial charge in [-0.25, -0.2) is 0 Å². The van der Waals surface area contributed by atoms with Crippen LogP contribution in [0.25, 0.3) is 0 Å². The van der Waals surface area contributed by atoms with Gasteiger partial charge in [0.1, 0.15) is 0 Å². The van der Waals surface area contributed by atoms with Gasteiger partial charge in [0, 0.05) is 0 Å². The van der Waals surface area contributed by atoms with Crippen molar-refractivity contribution in [2.24, 2.45) is 0 Å². The van der Waals surface area contributed by atoms with Crippen LogP contribution >= 0.6 is 0 Å². The minimum absolute atomic E-state index is 0. The monoisotopic (exact) mass is 496 g/mol. The molecule has 0 amide bonds. The average Bonchev–Trinajstić information content (AvgIpc) is 1.41. The Balaban J connectivity index is -0.0000000206. The zero-order valence-electron chi connectivity index (χ0n) is 8.84. The van der Waals surface area contributed by atoms with Crippen molar-refractivity contribution in [2.45, 2.75) is 0 Å². The van der Waals surface area contributed by atoms with Crippen LogP contribution in [0.3, 0.4) is 0 Å². The fourth-order valence-corrected chi connectivity index (χ4v) is 0. The van der Waals surface area contributed by atoms with Crippen LogP contribution in [0.2, 0.25) is 0 Å². The van der Waals surface area contributed by atoms with Gasteiger partial charge in [0.15, 0.2) is 0 Å². The van der Waals surface area contributed by atoms with E-state index < -0.39 is 27.1 Å². The topological polar surface area (TPSA) is 277 Å². The largest absolute Gasteiger partial charge is 5.00 e. The second-order valence-electron chi connectivity index (χ2n) is 1.50. The summed E-state index contributed by atoms with van der Waals surface area (Å²) in [4.78, 5) is 103. The molecular formula is Ca2O12Si3VY. The SMILES string of the molecule is [Ca+2].[Ca+2].[O-][Si]([O-])([O-])[O-].[O-][Si]([O-])([O-])[O-].[O-][Si]([O-])([O-])[O-].[V+5].[Y+3]. The molecule has 0 N–H and O–H groups in total. The molecule has 12 nitrogen and oxygen atoms in total. The summed E-state index contributed by atoms with van der Waals surface area (Å²) in [7, 11) is -16.8. The van der Waals surface area contributed by atoms with Crippen molar-refractivity contribution < 1.29 is 109 Å². The van der Waals surface area contributed by atoms with Gasteiger partial charge in [-0.3, -0.25) is 0 Å². The molecule has 96 valence electrons. The molecule has 0 spiro atoms. The standard InChI is InChI=1S/2Ca.3O4Si.V.Y/c;;3*1-5(2,3)4;;/q2*+2;3*-4;+5;+3. The van der Waals surface area contributed by atoms with Crippen LogP contribution in [-0.4, -0.2) is 103 Å². The molecule has 0 radical (unpaired) electrons. The molecule has 0 saturated carbocycles. The van der Waals surface area contributed by atoms with E-state index in [2.05, 4.69) is 0 Å². The third-order valence-electron chi connectivity index (χ3n) is 0. The maximum atomic E-state index is 8.58. The quantitative estimate of drug-likeness (QED) is 0.283. The molecule has 0 heterocycles. The minimum atomic E-state index is -5.61.